The first kappa shape index (κ1) is 21.0. The zero-order valence-electron chi connectivity index (χ0n) is 15.2. The maximum Gasteiger partial charge on any atom is 0.242 e. The summed E-state index contributed by atoms with van der Waals surface area (Å²) >= 11 is 6.04. The highest BCUT2D eigenvalue weighted by molar-refractivity contribution is 7.89. The Hall–Kier alpha value is -2.29. The lowest BCUT2D eigenvalue weighted by molar-refractivity contribution is -0.117. The number of hydrogen-bond acceptors (Lipinski definition) is 5. The molecular weight excluding hydrogens is 392 g/mol. The minimum atomic E-state index is -3.94. The van der Waals surface area contributed by atoms with Crippen LogP contribution in [0.4, 0.5) is 5.69 Å². The van der Waals surface area contributed by atoms with Crippen molar-refractivity contribution in [2.24, 2.45) is 0 Å². The molecule has 0 heterocycles. The van der Waals surface area contributed by atoms with Gasteiger partial charge < -0.3 is 14.8 Å². The van der Waals surface area contributed by atoms with Gasteiger partial charge in [0.25, 0.3) is 0 Å². The maximum atomic E-state index is 12.5. The molecular formula is C18H21ClN2O5S. The third kappa shape index (κ3) is 5.59. The summed E-state index contributed by atoms with van der Waals surface area (Å²) in [7, 11) is -2.43. The number of nitrogens with one attached hydrogen (secondary N) is 2. The molecule has 2 aromatic rings. The van der Waals surface area contributed by atoms with Crippen LogP contribution < -0.4 is 19.5 Å². The number of hydrogen-bond donors (Lipinski definition) is 2. The van der Waals surface area contributed by atoms with Crippen LogP contribution >= 0.6 is 11.6 Å². The van der Waals surface area contributed by atoms with Crippen LogP contribution in [0.1, 0.15) is 13.8 Å². The predicted molar refractivity (Wildman–Crippen MR) is 104 cm³/mol. The summed E-state index contributed by atoms with van der Waals surface area (Å²) in [6.45, 7) is 3.65. The Morgan fingerprint density at radius 1 is 1.22 bits per heavy atom. The number of sulfonamides is 1. The van der Waals surface area contributed by atoms with Gasteiger partial charge in [-0.3, -0.25) is 4.79 Å². The molecule has 27 heavy (non-hydrogen) atoms. The molecule has 7 nitrogen and oxygen atoms in total. The number of benzene rings is 2. The average Bonchev–Trinajstić information content (AvgIpc) is 2.63. The quantitative estimate of drug-likeness (QED) is 0.695. The highest BCUT2D eigenvalue weighted by Gasteiger charge is 2.23. The molecule has 0 saturated carbocycles. The monoisotopic (exact) mass is 412 g/mol. The van der Waals surface area contributed by atoms with Crippen molar-refractivity contribution in [3.05, 3.63) is 47.5 Å². The molecule has 0 aliphatic rings. The molecule has 0 radical (unpaired) electrons. The molecule has 1 atom stereocenters. The fraction of sp³-hybridized carbons (Fsp3) is 0.278. The summed E-state index contributed by atoms with van der Waals surface area (Å²) < 4.78 is 37.7. The van der Waals surface area contributed by atoms with Crippen molar-refractivity contribution in [1.29, 1.82) is 0 Å². The highest BCUT2D eigenvalue weighted by Crippen LogP contribution is 2.27. The predicted octanol–water partition coefficient (Wildman–Crippen LogP) is 3.05. The molecule has 0 saturated heterocycles. The second kappa shape index (κ2) is 9.07. The van der Waals surface area contributed by atoms with Crippen molar-refractivity contribution in [1.82, 2.24) is 4.72 Å². The van der Waals surface area contributed by atoms with E-state index in [0.29, 0.717) is 23.8 Å². The van der Waals surface area contributed by atoms with Gasteiger partial charge in [-0.25, -0.2) is 8.42 Å². The van der Waals surface area contributed by atoms with E-state index in [4.69, 9.17) is 21.1 Å². The first-order valence-electron chi connectivity index (χ1n) is 8.16. The standard InChI is InChI=1S/C18H21ClN2O5S/c1-4-26-17-9-8-15(11-16(17)19)27(23,24)21-12(2)18(22)20-13-6-5-7-14(10-13)25-3/h5-12,21H,4H2,1-3H3,(H,20,22)/t12-/m1/s1. The van der Waals surface area contributed by atoms with Crippen molar-refractivity contribution in [2.45, 2.75) is 24.8 Å². The van der Waals surface area contributed by atoms with Crippen LogP contribution in [0.25, 0.3) is 0 Å². The molecule has 2 N–H and O–H groups in total. The van der Waals surface area contributed by atoms with Crippen LogP contribution in [0.15, 0.2) is 47.4 Å². The van der Waals surface area contributed by atoms with Crippen LogP contribution in [0.5, 0.6) is 11.5 Å². The summed E-state index contributed by atoms with van der Waals surface area (Å²) in [4.78, 5) is 12.2. The number of rotatable bonds is 8. The molecule has 9 heteroatoms. The zero-order valence-corrected chi connectivity index (χ0v) is 16.7. The third-order valence-corrected chi connectivity index (χ3v) is 5.41. The van der Waals surface area contributed by atoms with Gasteiger partial charge >= 0.3 is 0 Å². The first-order chi connectivity index (χ1) is 12.8. The Kier molecular flexibility index (Phi) is 7.06. The van der Waals surface area contributed by atoms with E-state index in [-0.39, 0.29) is 9.92 Å². The largest absolute Gasteiger partial charge is 0.497 e. The normalized spacial score (nSPS) is 12.3. The van der Waals surface area contributed by atoms with Gasteiger partial charge in [0.05, 0.1) is 29.7 Å². The molecule has 0 bridgehead atoms. The van der Waals surface area contributed by atoms with Crippen LogP contribution in [-0.2, 0) is 14.8 Å². The fourth-order valence-corrected chi connectivity index (χ4v) is 3.76. The SMILES string of the molecule is CCOc1ccc(S(=O)(=O)N[C@H](C)C(=O)Nc2cccc(OC)c2)cc1Cl. The molecule has 0 unspecified atom stereocenters. The van der Waals surface area contributed by atoms with Crippen molar-refractivity contribution in [3.63, 3.8) is 0 Å². The Labute approximate surface area is 163 Å². The molecule has 0 aliphatic carbocycles. The lowest BCUT2D eigenvalue weighted by Gasteiger charge is -2.15. The van der Waals surface area contributed by atoms with Gasteiger partial charge in [0.2, 0.25) is 15.9 Å². The third-order valence-electron chi connectivity index (χ3n) is 3.58. The van der Waals surface area contributed by atoms with Gasteiger partial charge in [0.15, 0.2) is 0 Å². The Morgan fingerprint density at radius 3 is 2.59 bits per heavy atom. The zero-order chi connectivity index (χ0) is 20.0. The Bertz CT molecular complexity index is 918. The molecule has 2 rings (SSSR count). The summed E-state index contributed by atoms with van der Waals surface area (Å²) in [5.74, 6) is 0.454. The number of methoxy groups -OCH3 is 1. The van der Waals surface area contributed by atoms with E-state index in [1.807, 2.05) is 0 Å². The molecule has 1 amide bonds. The summed E-state index contributed by atoms with van der Waals surface area (Å²) in [5, 5.41) is 2.81. The lowest BCUT2D eigenvalue weighted by Crippen LogP contribution is -2.41. The van der Waals surface area contributed by atoms with E-state index in [9.17, 15) is 13.2 Å². The van der Waals surface area contributed by atoms with E-state index in [2.05, 4.69) is 10.0 Å². The van der Waals surface area contributed by atoms with Crippen molar-refractivity contribution < 1.29 is 22.7 Å². The molecule has 0 spiro atoms. The molecule has 0 aromatic heterocycles. The van der Waals surface area contributed by atoms with Gasteiger partial charge in [-0.05, 0) is 44.2 Å². The Balaban J connectivity index is 2.09. The topological polar surface area (TPSA) is 93.7 Å². The minimum absolute atomic E-state index is 0.0583. The highest BCUT2D eigenvalue weighted by atomic mass is 35.5. The maximum absolute atomic E-state index is 12.5. The van der Waals surface area contributed by atoms with E-state index in [1.165, 1.54) is 32.2 Å². The van der Waals surface area contributed by atoms with Crippen molar-refractivity contribution >= 4 is 33.2 Å². The number of amides is 1. The van der Waals surface area contributed by atoms with Crippen LogP contribution in [0.3, 0.4) is 0 Å². The lowest BCUT2D eigenvalue weighted by atomic mass is 10.2. The molecule has 0 aliphatic heterocycles. The van der Waals surface area contributed by atoms with Gasteiger partial charge in [-0.2, -0.15) is 4.72 Å². The number of carbonyl (C=O) groups excluding carboxylic acids is 1. The summed E-state index contributed by atoms with van der Waals surface area (Å²) in [5.41, 5.74) is 0.495. The van der Waals surface area contributed by atoms with E-state index >= 15 is 0 Å². The molecule has 2 aromatic carbocycles. The second-order valence-corrected chi connectivity index (χ2v) is 7.71. The first-order valence-corrected chi connectivity index (χ1v) is 10.0. The molecule has 0 fully saturated rings. The smallest absolute Gasteiger partial charge is 0.242 e. The Morgan fingerprint density at radius 2 is 1.96 bits per heavy atom. The number of ether oxygens (including phenoxy) is 2. The van der Waals surface area contributed by atoms with Crippen molar-refractivity contribution in [2.75, 3.05) is 19.0 Å². The number of halogens is 1. The number of carbonyl (C=O) groups is 1. The van der Waals surface area contributed by atoms with Gasteiger partial charge in [-0.1, -0.05) is 17.7 Å². The van der Waals surface area contributed by atoms with Gasteiger partial charge in [0, 0.05) is 11.8 Å². The van der Waals surface area contributed by atoms with E-state index in [1.54, 1.807) is 31.2 Å². The van der Waals surface area contributed by atoms with Crippen LogP contribution in [0.2, 0.25) is 5.02 Å². The van der Waals surface area contributed by atoms with Crippen molar-refractivity contribution in [3.8, 4) is 11.5 Å². The van der Waals surface area contributed by atoms with Crippen LogP contribution in [-0.4, -0.2) is 34.1 Å². The van der Waals surface area contributed by atoms with Crippen LogP contribution in [0, 0.1) is 0 Å². The second-order valence-electron chi connectivity index (χ2n) is 5.59. The molecule has 146 valence electrons. The number of anilines is 1. The minimum Gasteiger partial charge on any atom is -0.497 e. The summed E-state index contributed by atoms with van der Waals surface area (Å²) in [6, 6.07) is 9.86. The van der Waals surface area contributed by atoms with E-state index in [0.717, 1.165) is 0 Å². The van der Waals surface area contributed by atoms with E-state index < -0.39 is 22.0 Å². The van der Waals surface area contributed by atoms with Gasteiger partial charge in [-0.15, -0.1) is 0 Å². The average molecular weight is 413 g/mol. The summed E-state index contributed by atoms with van der Waals surface area (Å²) in [6.07, 6.45) is 0. The fourth-order valence-electron chi connectivity index (χ4n) is 2.23. The van der Waals surface area contributed by atoms with Gasteiger partial charge in [0.1, 0.15) is 11.5 Å².